The molecule has 0 saturated carbocycles. The van der Waals surface area contributed by atoms with Gasteiger partial charge in [0.1, 0.15) is 5.75 Å². The molecule has 0 spiro atoms. The molecule has 5 heteroatoms. The molecule has 0 aliphatic carbocycles. The van der Waals surface area contributed by atoms with Crippen LogP contribution in [-0.2, 0) is 6.54 Å². The largest absolute Gasteiger partial charge is 0.507 e. The molecule has 0 bridgehead atoms. The molecular weight excluding hydrogens is 254 g/mol. The molecule has 0 aliphatic rings. The number of phenols is 1. The molecular formula is C15H17N3O2. The van der Waals surface area contributed by atoms with E-state index in [9.17, 15) is 9.90 Å². The predicted molar refractivity (Wildman–Crippen MR) is 75.5 cm³/mol. The highest BCUT2D eigenvalue weighted by Crippen LogP contribution is 2.15. The summed E-state index contributed by atoms with van der Waals surface area (Å²) in [5, 5.41) is 12.4. The number of rotatable bonds is 3. The van der Waals surface area contributed by atoms with Gasteiger partial charge in [0.2, 0.25) is 0 Å². The van der Waals surface area contributed by atoms with E-state index >= 15 is 0 Å². The van der Waals surface area contributed by atoms with Gasteiger partial charge in [-0.25, -0.2) is 0 Å². The number of nitrogens with one attached hydrogen (secondary N) is 1. The minimum atomic E-state index is -0.331. The van der Waals surface area contributed by atoms with Crippen LogP contribution in [0.1, 0.15) is 33.1 Å². The molecule has 20 heavy (non-hydrogen) atoms. The lowest BCUT2D eigenvalue weighted by Crippen LogP contribution is -2.24. The highest BCUT2D eigenvalue weighted by atomic mass is 16.3. The Balaban J connectivity index is 2.12. The van der Waals surface area contributed by atoms with Crippen LogP contribution < -0.4 is 5.32 Å². The average molecular weight is 271 g/mol. The molecule has 2 N–H and O–H groups in total. The van der Waals surface area contributed by atoms with E-state index in [1.165, 1.54) is 6.07 Å². The van der Waals surface area contributed by atoms with Crippen molar-refractivity contribution in [1.82, 2.24) is 15.3 Å². The van der Waals surface area contributed by atoms with E-state index in [1.54, 1.807) is 18.2 Å². The van der Waals surface area contributed by atoms with Gasteiger partial charge in [0.05, 0.1) is 34.9 Å². The second-order valence-corrected chi connectivity index (χ2v) is 4.63. The third-order valence-electron chi connectivity index (χ3n) is 3.14. The third-order valence-corrected chi connectivity index (χ3v) is 3.14. The number of nitrogens with zero attached hydrogens (tertiary/aromatic N) is 2. The second-order valence-electron chi connectivity index (χ2n) is 4.63. The number of aromatic nitrogens is 2. The molecule has 5 nitrogen and oxygen atoms in total. The van der Waals surface area contributed by atoms with E-state index in [4.69, 9.17) is 0 Å². The summed E-state index contributed by atoms with van der Waals surface area (Å²) in [5.74, 6) is -0.365. The number of benzene rings is 1. The zero-order valence-electron chi connectivity index (χ0n) is 11.8. The van der Waals surface area contributed by atoms with Crippen LogP contribution in [0.25, 0.3) is 0 Å². The molecule has 1 aromatic heterocycles. The number of aryl methyl sites for hydroxylation is 3. The monoisotopic (exact) mass is 271 g/mol. The number of hydrogen-bond donors (Lipinski definition) is 2. The highest BCUT2D eigenvalue weighted by Gasteiger charge is 2.11. The van der Waals surface area contributed by atoms with Gasteiger partial charge in [-0.1, -0.05) is 12.1 Å². The number of hydrogen-bond acceptors (Lipinski definition) is 4. The molecule has 2 aromatic rings. The van der Waals surface area contributed by atoms with Crippen LogP contribution in [0.4, 0.5) is 0 Å². The number of para-hydroxylation sites is 1. The zero-order valence-corrected chi connectivity index (χ0v) is 11.8. The van der Waals surface area contributed by atoms with Crippen molar-refractivity contribution in [3.63, 3.8) is 0 Å². The molecule has 104 valence electrons. The van der Waals surface area contributed by atoms with E-state index in [-0.39, 0.29) is 23.8 Å². The maximum absolute atomic E-state index is 12.0. The van der Waals surface area contributed by atoms with Gasteiger partial charge in [0, 0.05) is 0 Å². The Kier molecular flexibility index (Phi) is 3.98. The molecule has 0 fully saturated rings. The van der Waals surface area contributed by atoms with Crippen molar-refractivity contribution in [1.29, 1.82) is 0 Å². The van der Waals surface area contributed by atoms with Crippen molar-refractivity contribution in [2.75, 3.05) is 0 Å². The molecule has 0 atom stereocenters. The molecule has 1 heterocycles. The van der Waals surface area contributed by atoms with Crippen LogP contribution >= 0.6 is 0 Å². The van der Waals surface area contributed by atoms with Gasteiger partial charge in [-0.3, -0.25) is 14.8 Å². The normalized spacial score (nSPS) is 10.3. The van der Waals surface area contributed by atoms with E-state index in [0.29, 0.717) is 0 Å². The Morgan fingerprint density at radius 3 is 2.45 bits per heavy atom. The number of phenolic OH excluding ortho intramolecular Hbond substituents is 1. The molecule has 0 saturated heterocycles. The first kappa shape index (κ1) is 14.0. The van der Waals surface area contributed by atoms with Crippen molar-refractivity contribution >= 4 is 5.91 Å². The summed E-state index contributed by atoms with van der Waals surface area (Å²) < 4.78 is 0. The van der Waals surface area contributed by atoms with Gasteiger partial charge in [-0.05, 0) is 32.9 Å². The Morgan fingerprint density at radius 1 is 1.10 bits per heavy atom. The van der Waals surface area contributed by atoms with Crippen molar-refractivity contribution in [2.45, 2.75) is 27.3 Å². The lowest BCUT2D eigenvalue weighted by Gasteiger charge is -2.10. The molecule has 0 radical (unpaired) electrons. The van der Waals surface area contributed by atoms with Gasteiger partial charge in [-0.2, -0.15) is 0 Å². The van der Waals surface area contributed by atoms with Gasteiger partial charge >= 0.3 is 0 Å². The zero-order chi connectivity index (χ0) is 14.7. The fourth-order valence-electron chi connectivity index (χ4n) is 1.85. The molecule has 1 amide bonds. The van der Waals surface area contributed by atoms with Crippen LogP contribution in [-0.4, -0.2) is 21.0 Å². The van der Waals surface area contributed by atoms with Crippen LogP contribution in [0, 0.1) is 20.8 Å². The van der Waals surface area contributed by atoms with Crippen molar-refractivity contribution < 1.29 is 9.90 Å². The summed E-state index contributed by atoms with van der Waals surface area (Å²) in [6.07, 6.45) is 0. The topological polar surface area (TPSA) is 75.1 Å². The lowest BCUT2D eigenvalue weighted by molar-refractivity contribution is 0.0947. The van der Waals surface area contributed by atoms with E-state index in [0.717, 1.165) is 22.8 Å². The van der Waals surface area contributed by atoms with Gasteiger partial charge in [0.15, 0.2) is 0 Å². The molecule has 1 aromatic carbocycles. The summed E-state index contributed by atoms with van der Waals surface area (Å²) >= 11 is 0. The smallest absolute Gasteiger partial charge is 0.255 e. The summed E-state index contributed by atoms with van der Waals surface area (Å²) in [7, 11) is 0. The summed E-state index contributed by atoms with van der Waals surface area (Å²) in [5.41, 5.74) is 3.52. The third kappa shape index (κ3) is 2.93. The fraction of sp³-hybridized carbons (Fsp3) is 0.267. The number of aromatic hydroxyl groups is 1. The van der Waals surface area contributed by atoms with Crippen molar-refractivity contribution in [2.24, 2.45) is 0 Å². The predicted octanol–water partition coefficient (Wildman–Crippen LogP) is 2.04. The Bertz CT molecular complexity index is 654. The van der Waals surface area contributed by atoms with E-state index in [1.807, 2.05) is 20.8 Å². The average Bonchev–Trinajstić information content (AvgIpc) is 2.41. The quantitative estimate of drug-likeness (QED) is 0.895. The Labute approximate surface area is 117 Å². The minimum absolute atomic E-state index is 0.0344. The van der Waals surface area contributed by atoms with Crippen molar-refractivity contribution in [3.8, 4) is 5.75 Å². The van der Waals surface area contributed by atoms with Crippen LogP contribution in [0.3, 0.4) is 0 Å². The molecule has 0 unspecified atom stereocenters. The highest BCUT2D eigenvalue weighted by molar-refractivity contribution is 5.96. The molecule has 0 aliphatic heterocycles. The second kappa shape index (κ2) is 5.69. The van der Waals surface area contributed by atoms with E-state index < -0.39 is 0 Å². The van der Waals surface area contributed by atoms with Crippen LogP contribution in [0.2, 0.25) is 0 Å². The fourth-order valence-corrected chi connectivity index (χ4v) is 1.85. The van der Waals surface area contributed by atoms with Gasteiger partial charge in [-0.15, -0.1) is 0 Å². The van der Waals surface area contributed by atoms with Crippen LogP contribution in [0.15, 0.2) is 24.3 Å². The maximum atomic E-state index is 12.0. The first-order chi connectivity index (χ1) is 9.49. The van der Waals surface area contributed by atoms with Crippen molar-refractivity contribution in [3.05, 3.63) is 52.6 Å². The van der Waals surface area contributed by atoms with Crippen LogP contribution in [0.5, 0.6) is 5.75 Å². The van der Waals surface area contributed by atoms with Gasteiger partial charge in [0.25, 0.3) is 5.91 Å². The summed E-state index contributed by atoms with van der Waals surface area (Å²) in [6, 6.07) is 6.43. The summed E-state index contributed by atoms with van der Waals surface area (Å²) in [6.45, 7) is 5.93. The summed E-state index contributed by atoms with van der Waals surface area (Å²) in [4.78, 5) is 20.8. The maximum Gasteiger partial charge on any atom is 0.255 e. The first-order valence-corrected chi connectivity index (χ1v) is 6.36. The number of carbonyl (C=O) groups is 1. The van der Waals surface area contributed by atoms with E-state index in [2.05, 4.69) is 15.3 Å². The SMILES string of the molecule is Cc1nc(C)c(CNC(=O)c2ccccc2O)nc1C. The van der Waals surface area contributed by atoms with Gasteiger partial charge < -0.3 is 10.4 Å². The number of carbonyl (C=O) groups excluding carboxylic acids is 1. The molecule has 2 rings (SSSR count). The minimum Gasteiger partial charge on any atom is -0.507 e. The first-order valence-electron chi connectivity index (χ1n) is 6.36. The number of amides is 1. The standard InChI is InChI=1S/C15H17N3O2/c1-9-10(2)18-13(11(3)17-9)8-16-15(20)12-6-4-5-7-14(12)19/h4-7,19H,8H2,1-3H3,(H,16,20). The lowest BCUT2D eigenvalue weighted by atomic mass is 10.2. The Hall–Kier alpha value is -2.43. The Morgan fingerprint density at radius 2 is 1.75 bits per heavy atom.